The fourth-order valence-electron chi connectivity index (χ4n) is 4.60. The quantitative estimate of drug-likeness (QED) is 0.818. The summed E-state index contributed by atoms with van der Waals surface area (Å²) in [6.45, 7) is 9.31. The molecule has 0 radical (unpaired) electrons. The molecule has 2 aliphatic rings. The fourth-order valence-corrected chi connectivity index (χ4v) is 4.60. The molecular weight excluding hydrogens is 355 g/mol. The van der Waals surface area contributed by atoms with Crippen LogP contribution in [0, 0.1) is 5.82 Å². The molecule has 2 saturated heterocycles. The van der Waals surface area contributed by atoms with E-state index in [0.29, 0.717) is 13.1 Å². The van der Waals surface area contributed by atoms with Crippen LogP contribution in [0.3, 0.4) is 0 Å². The van der Waals surface area contributed by atoms with Gasteiger partial charge in [0.15, 0.2) is 0 Å². The van der Waals surface area contributed by atoms with Crippen molar-refractivity contribution < 1.29 is 9.18 Å². The Morgan fingerprint density at radius 3 is 2.75 bits per heavy atom. The smallest absolute Gasteiger partial charge is 0.256 e. The first-order valence-corrected chi connectivity index (χ1v) is 9.86. The number of halogens is 1. The molecule has 0 aliphatic carbocycles. The molecule has 1 atom stereocenters. The average molecular weight is 382 g/mol. The van der Waals surface area contributed by atoms with Gasteiger partial charge in [0.05, 0.1) is 5.56 Å². The van der Waals surface area contributed by atoms with Crippen molar-refractivity contribution in [1.29, 1.82) is 0 Å². The first kappa shape index (κ1) is 19.0. The first-order chi connectivity index (χ1) is 13.4. The molecule has 1 unspecified atom stereocenters. The van der Waals surface area contributed by atoms with Crippen molar-refractivity contribution in [2.75, 3.05) is 32.7 Å². The van der Waals surface area contributed by atoms with E-state index in [4.69, 9.17) is 0 Å². The van der Waals surface area contributed by atoms with Gasteiger partial charge >= 0.3 is 0 Å². The highest BCUT2D eigenvalue weighted by atomic mass is 19.1. The average Bonchev–Trinajstić information content (AvgIpc) is 2.68. The summed E-state index contributed by atoms with van der Waals surface area (Å²) in [4.78, 5) is 24.0. The normalized spacial score (nSPS) is 22.7. The molecule has 148 valence electrons. The minimum atomic E-state index is -0.449. The molecule has 2 aliphatic heterocycles. The third-order valence-electron chi connectivity index (χ3n) is 5.87. The summed E-state index contributed by atoms with van der Waals surface area (Å²) in [7, 11) is 0. The molecule has 3 heterocycles. The van der Waals surface area contributed by atoms with E-state index in [9.17, 15) is 9.18 Å². The molecule has 0 saturated carbocycles. The summed E-state index contributed by atoms with van der Waals surface area (Å²) in [6, 6.07) is 10.6. The van der Waals surface area contributed by atoms with Gasteiger partial charge in [-0.25, -0.2) is 4.39 Å². The number of rotatable bonds is 3. The molecule has 1 aromatic heterocycles. The Morgan fingerprint density at radius 2 is 2.00 bits per heavy atom. The summed E-state index contributed by atoms with van der Waals surface area (Å²) in [5.74, 6) is -0.662. The minimum Gasteiger partial charge on any atom is -0.335 e. The zero-order valence-corrected chi connectivity index (χ0v) is 16.5. The Bertz CT molecular complexity index is 841. The van der Waals surface area contributed by atoms with Crippen molar-refractivity contribution in [3.05, 3.63) is 65.7 Å². The zero-order chi connectivity index (χ0) is 19.7. The molecule has 0 N–H and O–H groups in total. The lowest BCUT2D eigenvalue weighted by molar-refractivity contribution is -0.0578. The summed E-state index contributed by atoms with van der Waals surface area (Å²) in [6.07, 6.45) is 3.70. The second kappa shape index (κ2) is 7.60. The number of amides is 1. The number of piperazine rings is 2. The number of carbonyl (C=O) groups excluding carboxylic acids is 1. The highest BCUT2D eigenvalue weighted by Gasteiger charge is 2.44. The van der Waals surface area contributed by atoms with Crippen molar-refractivity contribution in [3.8, 4) is 0 Å². The van der Waals surface area contributed by atoms with Crippen LogP contribution < -0.4 is 0 Å². The van der Waals surface area contributed by atoms with E-state index in [1.54, 1.807) is 24.4 Å². The molecular formula is C22H27FN4O. The molecule has 2 fully saturated rings. The number of aromatic nitrogens is 1. The highest BCUT2D eigenvalue weighted by molar-refractivity contribution is 5.94. The minimum absolute atomic E-state index is 0.135. The largest absolute Gasteiger partial charge is 0.335 e. The van der Waals surface area contributed by atoms with Crippen molar-refractivity contribution in [2.24, 2.45) is 0 Å². The van der Waals surface area contributed by atoms with Crippen LogP contribution in [0.15, 0.2) is 48.8 Å². The van der Waals surface area contributed by atoms with Crippen LogP contribution in [0.4, 0.5) is 4.39 Å². The second-order valence-corrected chi connectivity index (χ2v) is 8.42. The third kappa shape index (κ3) is 3.80. The highest BCUT2D eigenvalue weighted by Crippen LogP contribution is 2.29. The van der Waals surface area contributed by atoms with Crippen LogP contribution in [-0.2, 0) is 6.54 Å². The molecule has 0 bridgehead atoms. The molecule has 4 rings (SSSR count). The number of pyridine rings is 1. The molecule has 1 aromatic carbocycles. The predicted octanol–water partition coefficient (Wildman–Crippen LogP) is 2.64. The van der Waals surface area contributed by atoms with Gasteiger partial charge in [0.1, 0.15) is 5.82 Å². The van der Waals surface area contributed by atoms with Gasteiger partial charge in [0, 0.05) is 63.2 Å². The number of carbonyl (C=O) groups is 1. The van der Waals surface area contributed by atoms with Gasteiger partial charge < -0.3 is 4.90 Å². The maximum atomic E-state index is 14.2. The zero-order valence-electron chi connectivity index (χ0n) is 16.5. The third-order valence-corrected chi connectivity index (χ3v) is 5.87. The van der Waals surface area contributed by atoms with Gasteiger partial charge in [-0.15, -0.1) is 0 Å². The lowest BCUT2D eigenvalue weighted by Gasteiger charge is -2.55. The topological polar surface area (TPSA) is 39.7 Å². The van der Waals surface area contributed by atoms with E-state index in [0.717, 1.165) is 26.2 Å². The number of hydrogen-bond acceptors (Lipinski definition) is 4. The van der Waals surface area contributed by atoms with E-state index < -0.39 is 5.82 Å². The lowest BCUT2D eigenvalue weighted by atomic mass is 9.92. The summed E-state index contributed by atoms with van der Waals surface area (Å²) < 4.78 is 14.2. The second-order valence-electron chi connectivity index (χ2n) is 8.42. The van der Waals surface area contributed by atoms with E-state index in [1.807, 2.05) is 17.2 Å². The number of benzene rings is 1. The van der Waals surface area contributed by atoms with Crippen LogP contribution in [0.2, 0.25) is 0 Å². The van der Waals surface area contributed by atoms with E-state index in [1.165, 1.54) is 11.6 Å². The van der Waals surface area contributed by atoms with Crippen molar-refractivity contribution >= 4 is 5.91 Å². The molecule has 1 amide bonds. The van der Waals surface area contributed by atoms with Crippen LogP contribution in [0.1, 0.15) is 29.8 Å². The predicted molar refractivity (Wildman–Crippen MR) is 106 cm³/mol. The van der Waals surface area contributed by atoms with E-state index >= 15 is 0 Å². The van der Waals surface area contributed by atoms with Crippen molar-refractivity contribution in [1.82, 2.24) is 19.7 Å². The summed E-state index contributed by atoms with van der Waals surface area (Å²) >= 11 is 0. The molecule has 0 spiro atoms. The van der Waals surface area contributed by atoms with Gasteiger partial charge in [-0.2, -0.15) is 0 Å². The van der Waals surface area contributed by atoms with Crippen molar-refractivity contribution in [2.45, 2.75) is 32.0 Å². The Balaban J connectivity index is 1.50. The summed E-state index contributed by atoms with van der Waals surface area (Å²) in [5.41, 5.74) is 1.23. The Kier molecular flexibility index (Phi) is 5.17. The van der Waals surface area contributed by atoms with Crippen LogP contribution in [0.5, 0.6) is 0 Å². The van der Waals surface area contributed by atoms with Crippen LogP contribution >= 0.6 is 0 Å². The Hall–Kier alpha value is -2.31. The van der Waals surface area contributed by atoms with Gasteiger partial charge in [0.25, 0.3) is 5.91 Å². The first-order valence-electron chi connectivity index (χ1n) is 9.86. The summed E-state index contributed by atoms with van der Waals surface area (Å²) in [5, 5.41) is 0. The Labute approximate surface area is 165 Å². The number of nitrogens with zero attached hydrogens (tertiary/aromatic N) is 4. The maximum absolute atomic E-state index is 14.2. The maximum Gasteiger partial charge on any atom is 0.256 e. The van der Waals surface area contributed by atoms with Crippen LogP contribution in [-0.4, -0.2) is 69.9 Å². The molecule has 5 nitrogen and oxygen atoms in total. The van der Waals surface area contributed by atoms with Gasteiger partial charge in [-0.1, -0.05) is 18.2 Å². The van der Waals surface area contributed by atoms with E-state index in [2.05, 4.69) is 34.7 Å². The number of fused-ring (bicyclic) bond motifs is 1. The van der Waals surface area contributed by atoms with Crippen molar-refractivity contribution in [3.63, 3.8) is 0 Å². The van der Waals surface area contributed by atoms with Gasteiger partial charge in [0.2, 0.25) is 0 Å². The Morgan fingerprint density at radius 1 is 1.18 bits per heavy atom. The lowest BCUT2D eigenvalue weighted by Crippen LogP contribution is -2.70. The molecule has 2 aromatic rings. The number of hydrogen-bond donors (Lipinski definition) is 0. The van der Waals surface area contributed by atoms with Gasteiger partial charge in [-0.3, -0.25) is 19.6 Å². The van der Waals surface area contributed by atoms with Crippen LogP contribution in [0.25, 0.3) is 0 Å². The monoisotopic (exact) mass is 382 g/mol. The molecule has 28 heavy (non-hydrogen) atoms. The molecule has 6 heteroatoms. The standard InChI is InChI=1S/C22H27FN4O/c1-22(2)16-26(21(28)19-7-3-4-8-20(19)23)15-18-14-25(10-11-27(18)22)13-17-6-5-9-24-12-17/h3-9,12,18H,10-11,13-16H2,1-2H3. The SMILES string of the molecule is CC1(C)CN(C(=O)c2ccccc2F)CC2CN(Cc3cccnc3)CCN21. The van der Waals surface area contributed by atoms with Gasteiger partial charge in [-0.05, 0) is 37.6 Å². The fraction of sp³-hybridized carbons (Fsp3) is 0.455. The van der Waals surface area contributed by atoms with E-state index in [-0.39, 0.29) is 23.1 Å².